The van der Waals surface area contributed by atoms with Crippen LogP contribution < -0.4 is 5.32 Å². The second-order valence-electron chi connectivity index (χ2n) is 6.50. The fourth-order valence-electron chi connectivity index (χ4n) is 3.04. The van der Waals surface area contributed by atoms with Crippen LogP contribution in [0.2, 0.25) is 0 Å². The van der Waals surface area contributed by atoms with Crippen LogP contribution in [0.5, 0.6) is 0 Å². The molecule has 1 aromatic heterocycles. The van der Waals surface area contributed by atoms with Gasteiger partial charge < -0.3 is 5.32 Å². The van der Waals surface area contributed by atoms with Crippen molar-refractivity contribution in [1.29, 1.82) is 0 Å². The fourth-order valence-corrected chi connectivity index (χ4v) is 5.10. The molecule has 134 valence electrons. The molecule has 3 nitrogen and oxygen atoms in total. The lowest BCUT2D eigenvalue weighted by molar-refractivity contribution is -0.120. The number of hydrogen-bond acceptors (Lipinski definition) is 4. The number of carbonyl (C=O) groups excluding carboxylic acids is 1. The highest BCUT2D eigenvalue weighted by atomic mass is 79.9. The van der Waals surface area contributed by atoms with Gasteiger partial charge in [0, 0.05) is 22.2 Å². The molecule has 1 fully saturated rings. The number of thioether (sulfide) groups is 1. The van der Waals surface area contributed by atoms with Crippen molar-refractivity contribution in [2.24, 2.45) is 5.92 Å². The van der Waals surface area contributed by atoms with Gasteiger partial charge in [-0.3, -0.25) is 4.79 Å². The van der Waals surface area contributed by atoms with Crippen molar-refractivity contribution in [2.75, 3.05) is 6.54 Å². The molecule has 1 N–H and O–H groups in total. The number of amides is 1. The Morgan fingerprint density at radius 1 is 1.24 bits per heavy atom. The van der Waals surface area contributed by atoms with E-state index in [4.69, 9.17) is 0 Å². The van der Waals surface area contributed by atoms with E-state index in [1.165, 1.54) is 37.7 Å². The Morgan fingerprint density at radius 3 is 2.76 bits per heavy atom. The molecule has 1 aromatic carbocycles. The maximum atomic E-state index is 12.1. The monoisotopic (exact) mass is 438 g/mol. The summed E-state index contributed by atoms with van der Waals surface area (Å²) in [5.74, 6) is 1.67. The van der Waals surface area contributed by atoms with Gasteiger partial charge in [0.05, 0.1) is 12.1 Å². The maximum absolute atomic E-state index is 12.1. The molecule has 0 atom stereocenters. The molecule has 0 bridgehead atoms. The number of benzene rings is 1. The van der Waals surface area contributed by atoms with Gasteiger partial charge in [0.1, 0.15) is 4.34 Å². The molecule has 0 saturated heterocycles. The van der Waals surface area contributed by atoms with E-state index in [0.29, 0.717) is 12.3 Å². The average Bonchev–Trinajstić information content (AvgIpc) is 3.08. The van der Waals surface area contributed by atoms with Crippen LogP contribution in [-0.2, 0) is 17.0 Å². The molecule has 1 aliphatic carbocycles. The molecular formula is C19H23BrN2OS2. The van der Waals surface area contributed by atoms with Crippen molar-refractivity contribution in [2.45, 2.75) is 48.6 Å². The number of thiazole rings is 1. The first-order chi connectivity index (χ1) is 12.2. The van der Waals surface area contributed by atoms with E-state index in [1.807, 2.05) is 5.38 Å². The van der Waals surface area contributed by atoms with E-state index >= 15 is 0 Å². The van der Waals surface area contributed by atoms with Gasteiger partial charge >= 0.3 is 0 Å². The lowest BCUT2D eigenvalue weighted by atomic mass is 9.89. The average molecular weight is 439 g/mol. The van der Waals surface area contributed by atoms with Crippen LogP contribution in [0.1, 0.15) is 43.4 Å². The van der Waals surface area contributed by atoms with Crippen LogP contribution >= 0.6 is 39.0 Å². The van der Waals surface area contributed by atoms with Gasteiger partial charge in [-0.05, 0) is 36.5 Å². The van der Waals surface area contributed by atoms with Crippen molar-refractivity contribution in [3.8, 4) is 0 Å². The molecule has 0 unspecified atom stereocenters. The third-order valence-electron chi connectivity index (χ3n) is 4.46. The minimum Gasteiger partial charge on any atom is -0.355 e. The second-order valence-corrected chi connectivity index (χ2v) is 9.50. The SMILES string of the molecule is O=C(Cc1csc(SCc2ccc(Br)cc2)n1)NCC1CCCCC1. The van der Waals surface area contributed by atoms with Crippen LogP contribution in [0.15, 0.2) is 38.5 Å². The van der Waals surface area contributed by atoms with Crippen LogP contribution in [0.25, 0.3) is 0 Å². The third-order valence-corrected chi connectivity index (χ3v) is 7.13. The highest BCUT2D eigenvalue weighted by Crippen LogP contribution is 2.27. The Hall–Kier alpha value is -0.850. The molecule has 0 spiro atoms. The first-order valence-electron chi connectivity index (χ1n) is 8.77. The first-order valence-corrected chi connectivity index (χ1v) is 11.4. The Bertz CT molecular complexity index is 681. The molecule has 1 saturated carbocycles. The molecule has 1 aliphatic rings. The number of rotatable bonds is 7. The highest BCUT2D eigenvalue weighted by molar-refractivity contribution is 9.10. The number of carbonyl (C=O) groups is 1. The normalized spacial score (nSPS) is 15.2. The van der Waals surface area contributed by atoms with Gasteiger partial charge in [-0.1, -0.05) is 59.1 Å². The fraction of sp³-hybridized carbons (Fsp3) is 0.474. The number of halogens is 1. The Labute approximate surface area is 166 Å². The van der Waals surface area contributed by atoms with Crippen molar-refractivity contribution in [3.05, 3.63) is 45.4 Å². The largest absolute Gasteiger partial charge is 0.355 e. The number of nitrogens with one attached hydrogen (secondary N) is 1. The molecule has 0 aliphatic heterocycles. The predicted octanol–water partition coefficient (Wildman–Crippen LogP) is 5.44. The van der Waals surface area contributed by atoms with Crippen LogP contribution in [0, 0.1) is 5.92 Å². The summed E-state index contributed by atoms with van der Waals surface area (Å²) in [6, 6.07) is 8.34. The van der Waals surface area contributed by atoms with E-state index in [0.717, 1.165) is 26.8 Å². The molecule has 1 amide bonds. The summed E-state index contributed by atoms with van der Waals surface area (Å²) in [7, 11) is 0. The highest BCUT2D eigenvalue weighted by Gasteiger charge is 2.15. The lowest BCUT2D eigenvalue weighted by Gasteiger charge is -2.21. The Balaban J connectivity index is 1.41. The van der Waals surface area contributed by atoms with Gasteiger partial charge in [-0.25, -0.2) is 4.98 Å². The Morgan fingerprint density at radius 2 is 2.00 bits per heavy atom. The smallest absolute Gasteiger partial charge is 0.226 e. The summed E-state index contributed by atoms with van der Waals surface area (Å²) in [6.07, 6.45) is 6.88. The van der Waals surface area contributed by atoms with Gasteiger partial charge in [0.15, 0.2) is 0 Å². The molecular weight excluding hydrogens is 416 g/mol. The minimum absolute atomic E-state index is 0.0975. The van der Waals surface area contributed by atoms with Crippen molar-refractivity contribution in [1.82, 2.24) is 10.3 Å². The number of nitrogens with zero attached hydrogens (tertiary/aromatic N) is 1. The van der Waals surface area contributed by atoms with Gasteiger partial charge in [-0.15, -0.1) is 11.3 Å². The van der Waals surface area contributed by atoms with E-state index < -0.39 is 0 Å². The zero-order chi connectivity index (χ0) is 17.5. The zero-order valence-corrected chi connectivity index (χ0v) is 17.4. The molecule has 3 rings (SSSR count). The predicted molar refractivity (Wildman–Crippen MR) is 109 cm³/mol. The summed E-state index contributed by atoms with van der Waals surface area (Å²) in [5.41, 5.74) is 2.15. The van der Waals surface area contributed by atoms with Crippen LogP contribution in [0.4, 0.5) is 0 Å². The van der Waals surface area contributed by atoms with Crippen molar-refractivity contribution >= 4 is 44.9 Å². The third kappa shape index (κ3) is 6.42. The van der Waals surface area contributed by atoms with E-state index in [1.54, 1.807) is 23.1 Å². The second kappa shape index (κ2) is 9.74. The summed E-state index contributed by atoms with van der Waals surface area (Å²) in [5, 5.41) is 5.09. The van der Waals surface area contributed by atoms with E-state index in [-0.39, 0.29) is 5.91 Å². The molecule has 2 aromatic rings. The molecule has 1 heterocycles. The maximum Gasteiger partial charge on any atom is 0.226 e. The van der Waals surface area contributed by atoms with Crippen molar-refractivity contribution < 1.29 is 4.79 Å². The van der Waals surface area contributed by atoms with Crippen molar-refractivity contribution in [3.63, 3.8) is 0 Å². The Kier molecular flexibility index (Phi) is 7.37. The first kappa shape index (κ1) is 18.9. The van der Waals surface area contributed by atoms with E-state index in [2.05, 4.69) is 50.5 Å². The summed E-state index contributed by atoms with van der Waals surface area (Å²) in [4.78, 5) is 16.7. The van der Waals surface area contributed by atoms with Gasteiger partial charge in [-0.2, -0.15) is 0 Å². The van der Waals surface area contributed by atoms with Crippen LogP contribution in [-0.4, -0.2) is 17.4 Å². The quantitative estimate of drug-likeness (QED) is 0.585. The molecule has 25 heavy (non-hydrogen) atoms. The van der Waals surface area contributed by atoms with Gasteiger partial charge in [0.25, 0.3) is 0 Å². The van der Waals surface area contributed by atoms with Crippen LogP contribution in [0.3, 0.4) is 0 Å². The summed E-state index contributed by atoms with van der Waals surface area (Å²) in [6.45, 7) is 0.828. The molecule has 6 heteroatoms. The molecule has 0 radical (unpaired) electrons. The summed E-state index contributed by atoms with van der Waals surface area (Å²) >= 11 is 6.80. The van der Waals surface area contributed by atoms with E-state index in [9.17, 15) is 4.79 Å². The number of hydrogen-bond donors (Lipinski definition) is 1. The zero-order valence-electron chi connectivity index (χ0n) is 14.2. The topological polar surface area (TPSA) is 42.0 Å². The number of aromatic nitrogens is 1. The standard InChI is InChI=1S/C19H23BrN2OS2/c20-16-8-6-15(7-9-16)12-24-19-22-17(13-25-19)10-18(23)21-11-14-4-2-1-3-5-14/h6-9,13-14H,1-5,10-12H2,(H,21,23). The summed E-state index contributed by atoms with van der Waals surface area (Å²) < 4.78 is 2.12. The van der Waals surface area contributed by atoms with Gasteiger partial charge in [0.2, 0.25) is 5.91 Å². The minimum atomic E-state index is 0.0975. The lowest BCUT2D eigenvalue weighted by Crippen LogP contribution is -2.31.